The number of aromatic nitrogens is 4. The predicted molar refractivity (Wildman–Crippen MR) is 96.0 cm³/mol. The topological polar surface area (TPSA) is 87.7 Å². The molecule has 1 aliphatic heterocycles. The lowest BCUT2D eigenvalue weighted by molar-refractivity contribution is 0.0709. The summed E-state index contributed by atoms with van der Waals surface area (Å²) in [6, 6.07) is 7.88. The SMILES string of the molecule is Cn1ncc2c(C(=O)N3CCC(C#N)CC3)cc(-c3cccnc3)nc21. The van der Waals surface area contributed by atoms with Gasteiger partial charge in [0.15, 0.2) is 5.65 Å². The average molecular weight is 346 g/mol. The molecule has 1 amide bonds. The van der Waals surface area contributed by atoms with Gasteiger partial charge in [-0.25, -0.2) is 4.98 Å². The first kappa shape index (κ1) is 16.2. The van der Waals surface area contributed by atoms with Gasteiger partial charge in [0.1, 0.15) is 0 Å². The lowest BCUT2D eigenvalue weighted by atomic mass is 9.97. The molecule has 1 fully saturated rings. The highest BCUT2D eigenvalue weighted by molar-refractivity contribution is 6.06. The van der Waals surface area contributed by atoms with Crippen LogP contribution in [0.25, 0.3) is 22.3 Å². The summed E-state index contributed by atoms with van der Waals surface area (Å²) in [5.74, 6) is 0.00721. The molecule has 0 N–H and O–H groups in total. The number of rotatable bonds is 2. The highest BCUT2D eigenvalue weighted by atomic mass is 16.2. The van der Waals surface area contributed by atoms with Crippen LogP contribution < -0.4 is 0 Å². The molecule has 0 saturated carbocycles. The largest absolute Gasteiger partial charge is 0.339 e. The van der Waals surface area contributed by atoms with Gasteiger partial charge in [-0.3, -0.25) is 14.5 Å². The minimum Gasteiger partial charge on any atom is -0.339 e. The van der Waals surface area contributed by atoms with E-state index in [-0.39, 0.29) is 11.8 Å². The van der Waals surface area contributed by atoms with E-state index in [1.807, 2.05) is 30.1 Å². The minimum atomic E-state index is -0.0352. The van der Waals surface area contributed by atoms with E-state index < -0.39 is 0 Å². The summed E-state index contributed by atoms with van der Waals surface area (Å²) in [6.07, 6.45) is 6.57. The molecule has 4 rings (SSSR count). The number of carbonyl (C=O) groups excluding carboxylic acids is 1. The van der Waals surface area contributed by atoms with Gasteiger partial charge in [0.05, 0.1) is 28.9 Å². The molecule has 26 heavy (non-hydrogen) atoms. The monoisotopic (exact) mass is 346 g/mol. The molecule has 0 atom stereocenters. The van der Waals surface area contributed by atoms with E-state index in [1.54, 1.807) is 23.3 Å². The van der Waals surface area contributed by atoms with Crippen LogP contribution in [0.5, 0.6) is 0 Å². The zero-order valence-electron chi connectivity index (χ0n) is 14.5. The maximum Gasteiger partial charge on any atom is 0.254 e. The highest BCUT2D eigenvalue weighted by Crippen LogP contribution is 2.26. The summed E-state index contributed by atoms with van der Waals surface area (Å²) in [5.41, 5.74) is 2.82. The summed E-state index contributed by atoms with van der Waals surface area (Å²) in [5, 5.41) is 14.1. The van der Waals surface area contributed by atoms with E-state index in [9.17, 15) is 4.79 Å². The molecule has 0 aromatic carbocycles. The number of carbonyl (C=O) groups is 1. The van der Waals surface area contributed by atoms with Crippen molar-refractivity contribution in [3.63, 3.8) is 0 Å². The van der Waals surface area contributed by atoms with Crippen LogP contribution in [0.1, 0.15) is 23.2 Å². The van der Waals surface area contributed by atoms with E-state index in [2.05, 4.69) is 21.1 Å². The van der Waals surface area contributed by atoms with E-state index in [1.165, 1.54) is 0 Å². The van der Waals surface area contributed by atoms with Crippen molar-refractivity contribution in [3.8, 4) is 17.3 Å². The Morgan fingerprint density at radius 2 is 2.12 bits per heavy atom. The number of nitrogens with zero attached hydrogens (tertiary/aromatic N) is 6. The molecular weight excluding hydrogens is 328 g/mol. The summed E-state index contributed by atoms with van der Waals surface area (Å²) >= 11 is 0. The molecule has 130 valence electrons. The Kier molecular flexibility index (Phi) is 4.09. The molecule has 1 saturated heterocycles. The maximum absolute atomic E-state index is 13.2. The van der Waals surface area contributed by atoms with Gasteiger partial charge in [-0.1, -0.05) is 0 Å². The zero-order chi connectivity index (χ0) is 18.1. The first-order chi connectivity index (χ1) is 12.7. The minimum absolute atomic E-state index is 0.0352. The maximum atomic E-state index is 13.2. The number of piperidine rings is 1. The molecule has 4 heterocycles. The number of aryl methyl sites for hydroxylation is 1. The fourth-order valence-electron chi connectivity index (χ4n) is 3.34. The van der Waals surface area contributed by atoms with Crippen molar-refractivity contribution in [1.82, 2.24) is 24.6 Å². The molecule has 0 radical (unpaired) electrons. The van der Waals surface area contributed by atoms with Crippen molar-refractivity contribution < 1.29 is 4.79 Å². The number of nitriles is 1. The molecule has 0 spiro atoms. The van der Waals surface area contributed by atoms with E-state index in [4.69, 9.17) is 5.26 Å². The molecule has 3 aromatic heterocycles. The Balaban J connectivity index is 1.77. The van der Waals surface area contributed by atoms with Gasteiger partial charge in [-0.05, 0) is 31.0 Å². The van der Waals surface area contributed by atoms with Gasteiger partial charge in [0.2, 0.25) is 0 Å². The van der Waals surface area contributed by atoms with Crippen molar-refractivity contribution in [3.05, 3.63) is 42.4 Å². The number of hydrogen-bond acceptors (Lipinski definition) is 5. The van der Waals surface area contributed by atoms with Crippen molar-refractivity contribution in [2.45, 2.75) is 12.8 Å². The molecule has 3 aromatic rings. The second-order valence-electron chi connectivity index (χ2n) is 6.50. The fraction of sp³-hybridized carbons (Fsp3) is 0.316. The third-order valence-corrected chi connectivity index (χ3v) is 4.86. The van der Waals surface area contributed by atoms with Crippen LogP contribution in [-0.2, 0) is 7.05 Å². The summed E-state index contributed by atoms with van der Waals surface area (Å²) < 4.78 is 1.67. The third-order valence-electron chi connectivity index (χ3n) is 4.86. The predicted octanol–water partition coefficient (Wildman–Crippen LogP) is 2.41. The van der Waals surface area contributed by atoms with E-state index in [0.29, 0.717) is 30.0 Å². The van der Waals surface area contributed by atoms with Crippen LogP contribution in [0.3, 0.4) is 0 Å². The third kappa shape index (κ3) is 2.80. The number of fused-ring (bicyclic) bond motifs is 1. The Bertz CT molecular complexity index is 996. The highest BCUT2D eigenvalue weighted by Gasteiger charge is 2.26. The van der Waals surface area contributed by atoms with E-state index >= 15 is 0 Å². The van der Waals surface area contributed by atoms with Crippen LogP contribution in [0.2, 0.25) is 0 Å². The molecule has 0 unspecified atom stereocenters. The van der Waals surface area contributed by atoms with Crippen LogP contribution in [-0.4, -0.2) is 43.6 Å². The molecular formula is C19H18N6O. The Hall–Kier alpha value is -3.27. The van der Waals surface area contributed by atoms with Gasteiger partial charge >= 0.3 is 0 Å². The lowest BCUT2D eigenvalue weighted by Gasteiger charge is -2.29. The second kappa shape index (κ2) is 6.56. The van der Waals surface area contributed by atoms with Crippen molar-refractivity contribution in [2.75, 3.05) is 13.1 Å². The van der Waals surface area contributed by atoms with Crippen molar-refractivity contribution in [1.29, 1.82) is 5.26 Å². The van der Waals surface area contributed by atoms with Gasteiger partial charge in [0, 0.05) is 44.0 Å². The van der Waals surface area contributed by atoms with Crippen LogP contribution in [0.15, 0.2) is 36.8 Å². The molecule has 0 bridgehead atoms. The quantitative estimate of drug-likeness (QED) is 0.711. The molecule has 7 nitrogen and oxygen atoms in total. The van der Waals surface area contributed by atoms with E-state index in [0.717, 1.165) is 23.8 Å². The van der Waals surface area contributed by atoms with Gasteiger partial charge in [-0.15, -0.1) is 0 Å². The standard InChI is InChI=1S/C19H18N6O/c1-24-18-16(12-22-24)15(9-17(23-18)14-3-2-6-21-11-14)19(26)25-7-4-13(10-20)5-8-25/h2-3,6,9,11-13H,4-5,7-8H2,1H3. The van der Waals surface area contributed by atoms with Crippen LogP contribution in [0.4, 0.5) is 0 Å². The van der Waals surface area contributed by atoms with Gasteiger partial charge < -0.3 is 4.90 Å². The second-order valence-corrected chi connectivity index (χ2v) is 6.50. The lowest BCUT2D eigenvalue weighted by Crippen LogP contribution is -2.38. The Morgan fingerprint density at radius 1 is 1.31 bits per heavy atom. The first-order valence-corrected chi connectivity index (χ1v) is 8.59. The average Bonchev–Trinajstić information content (AvgIpc) is 3.08. The number of amides is 1. The summed E-state index contributed by atoms with van der Waals surface area (Å²) in [7, 11) is 1.81. The molecule has 0 aliphatic carbocycles. The number of likely N-dealkylation sites (tertiary alicyclic amines) is 1. The fourth-order valence-corrected chi connectivity index (χ4v) is 3.34. The molecule has 7 heteroatoms. The normalized spacial score (nSPS) is 15.2. The van der Waals surface area contributed by atoms with Gasteiger partial charge in [0.25, 0.3) is 5.91 Å². The van der Waals surface area contributed by atoms with Crippen molar-refractivity contribution in [2.24, 2.45) is 13.0 Å². The smallest absolute Gasteiger partial charge is 0.254 e. The van der Waals surface area contributed by atoms with Crippen LogP contribution in [0, 0.1) is 17.2 Å². The summed E-state index contributed by atoms with van der Waals surface area (Å²) in [6.45, 7) is 1.20. The first-order valence-electron chi connectivity index (χ1n) is 8.59. The Labute approximate surface area is 150 Å². The Morgan fingerprint density at radius 3 is 2.81 bits per heavy atom. The number of pyridine rings is 2. The zero-order valence-corrected chi connectivity index (χ0v) is 14.5. The van der Waals surface area contributed by atoms with Crippen LogP contribution >= 0.6 is 0 Å². The van der Waals surface area contributed by atoms with Gasteiger partial charge in [-0.2, -0.15) is 10.4 Å². The summed E-state index contributed by atoms with van der Waals surface area (Å²) in [4.78, 5) is 23.8. The van der Waals surface area contributed by atoms with Crippen molar-refractivity contribution >= 4 is 16.9 Å². The number of hydrogen-bond donors (Lipinski definition) is 0. The molecule has 1 aliphatic rings.